The van der Waals surface area contributed by atoms with Crippen LogP contribution >= 0.6 is 22.6 Å². The molecular formula is C6H10INO3. The highest BCUT2D eigenvalue weighted by Crippen LogP contribution is 1.95. The number of Topliss-reactive ketones (excluding diaryl/α,β-unsaturated/α-hetero) is 1. The molecule has 0 spiro atoms. The number of alkyl halides is 1. The molecule has 4 nitrogen and oxygen atoms in total. The van der Waals surface area contributed by atoms with E-state index in [2.05, 4.69) is 4.74 Å². The number of carbonyl (C=O) groups excluding carboxylic acids is 2. The summed E-state index contributed by atoms with van der Waals surface area (Å²) in [6.45, 7) is 0.234. The fourth-order valence-electron chi connectivity index (χ4n) is 0.509. The van der Waals surface area contributed by atoms with Crippen molar-refractivity contribution >= 4 is 34.5 Å². The number of hydrogen-bond donors (Lipinski definition) is 1. The monoisotopic (exact) mass is 271 g/mol. The molecule has 0 aromatic heterocycles. The molecule has 11 heavy (non-hydrogen) atoms. The van der Waals surface area contributed by atoms with Crippen molar-refractivity contribution in [2.45, 2.75) is 12.8 Å². The molecule has 0 aromatic carbocycles. The topological polar surface area (TPSA) is 69.4 Å². The number of rotatable bonds is 5. The number of primary amides is 1. The maximum atomic E-state index is 10.7. The van der Waals surface area contributed by atoms with Crippen LogP contribution in [0.5, 0.6) is 0 Å². The maximum absolute atomic E-state index is 10.7. The second kappa shape index (κ2) is 6.38. The van der Waals surface area contributed by atoms with Crippen LogP contribution in [0.25, 0.3) is 0 Å². The van der Waals surface area contributed by atoms with Crippen molar-refractivity contribution in [3.63, 3.8) is 0 Å². The average molecular weight is 271 g/mol. The minimum absolute atomic E-state index is 0.165. The van der Waals surface area contributed by atoms with Gasteiger partial charge in [0.1, 0.15) is 5.78 Å². The Morgan fingerprint density at radius 2 is 2.09 bits per heavy atom. The van der Waals surface area contributed by atoms with Gasteiger partial charge in [-0.2, -0.15) is 0 Å². The third kappa shape index (κ3) is 7.57. The molecule has 5 heteroatoms. The Kier molecular flexibility index (Phi) is 6.19. The predicted octanol–water partition coefficient (Wildman–Crippen LogP) is 0.866. The van der Waals surface area contributed by atoms with Crippen LogP contribution in [0.15, 0.2) is 0 Å². The molecule has 0 aliphatic rings. The minimum Gasteiger partial charge on any atom is -0.450 e. The van der Waals surface area contributed by atoms with Gasteiger partial charge in [0.15, 0.2) is 0 Å². The van der Waals surface area contributed by atoms with Gasteiger partial charge in [-0.1, -0.05) is 22.6 Å². The maximum Gasteiger partial charge on any atom is 0.404 e. The van der Waals surface area contributed by atoms with Gasteiger partial charge in [-0.05, 0) is 6.42 Å². The van der Waals surface area contributed by atoms with Gasteiger partial charge in [-0.25, -0.2) is 4.79 Å². The number of amides is 1. The zero-order valence-corrected chi connectivity index (χ0v) is 8.17. The zero-order chi connectivity index (χ0) is 8.69. The molecule has 0 saturated carbocycles. The molecular weight excluding hydrogens is 261 g/mol. The van der Waals surface area contributed by atoms with E-state index in [0.29, 0.717) is 17.3 Å². The first kappa shape index (κ1) is 10.7. The number of hydrogen-bond acceptors (Lipinski definition) is 3. The molecule has 0 aliphatic carbocycles. The molecule has 0 unspecified atom stereocenters. The summed E-state index contributed by atoms with van der Waals surface area (Å²) in [5, 5.41) is 0. The highest BCUT2D eigenvalue weighted by atomic mass is 127. The zero-order valence-electron chi connectivity index (χ0n) is 6.01. The third-order valence-corrected chi connectivity index (χ3v) is 1.84. The molecule has 0 rings (SSSR count). The van der Waals surface area contributed by atoms with Crippen LogP contribution in [0.4, 0.5) is 4.79 Å². The van der Waals surface area contributed by atoms with Gasteiger partial charge in [0, 0.05) is 6.42 Å². The lowest BCUT2D eigenvalue weighted by Gasteiger charge is -1.98. The third-order valence-electron chi connectivity index (χ3n) is 0.993. The van der Waals surface area contributed by atoms with E-state index in [0.717, 1.165) is 0 Å². The number of nitrogens with two attached hydrogens (primary N) is 1. The summed E-state index contributed by atoms with van der Waals surface area (Å²) >= 11 is 2.00. The van der Waals surface area contributed by atoms with Gasteiger partial charge < -0.3 is 10.5 Å². The summed E-state index contributed by atoms with van der Waals surface area (Å²) in [5.74, 6) is 0.165. The van der Waals surface area contributed by atoms with E-state index in [1.54, 1.807) is 0 Å². The first-order valence-electron chi connectivity index (χ1n) is 3.16. The summed E-state index contributed by atoms with van der Waals surface area (Å²) in [6.07, 6.45) is 0.230. The summed E-state index contributed by atoms with van der Waals surface area (Å²) in [7, 11) is 0. The van der Waals surface area contributed by atoms with Crippen LogP contribution < -0.4 is 5.73 Å². The van der Waals surface area contributed by atoms with E-state index >= 15 is 0 Å². The second-order valence-electron chi connectivity index (χ2n) is 1.94. The normalized spacial score (nSPS) is 9.18. The van der Waals surface area contributed by atoms with Gasteiger partial charge in [-0.15, -0.1) is 0 Å². The molecule has 64 valence electrons. The summed E-state index contributed by atoms with van der Waals surface area (Å²) in [4.78, 5) is 20.7. The van der Waals surface area contributed by atoms with E-state index in [9.17, 15) is 9.59 Å². The average Bonchev–Trinajstić information content (AvgIpc) is 1.97. The Bertz CT molecular complexity index is 149. The summed E-state index contributed by atoms with van der Waals surface area (Å²) < 4.78 is 4.93. The number of carbonyl (C=O) groups is 2. The molecule has 1 amide bonds. The number of ether oxygens (including phenoxy) is 1. The minimum atomic E-state index is -0.785. The molecule has 0 heterocycles. The van der Waals surface area contributed by atoms with Crippen LogP contribution in [-0.2, 0) is 9.53 Å². The lowest BCUT2D eigenvalue weighted by Crippen LogP contribution is -2.14. The van der Waals surface area contributed by atoms with Gasteiger partial charge in [-0.3, -0.25) is 4.79 Å². The summed E-state index contributed by atoms with van der Waals surface area (Å²) in [6, 6.07) is 0. The Morgan fingerprint density at radius 1 is 1.45 bits per heavy atom. The molecule has 0 saturated heterocycles. The highest BCUT2D eigenvalue weighted by molar-refractivity contribution is 14.1. The highest BCUT2D eigenvalue weighted by Gasteiger charge is 1.99. The molecule has 0 aliphatic heterocycles. The molecule has 0 aromatic rings. The first-order valence-corrected chi connectivity index (χ1v) is 4.69. The number of ketones is 1. The van der Waals surface area contributed by atoms with Crippen LogP contribution in [0.3, 0.4) is 0 Å². The first-order chi connectivity index (χ1) is 5.16. The lowest BCUT2D eigenvalue weighted by molar-refractivity contribution is -0.116. The standard InChI is InChI=1S/C6H10INO3/c7-4-5(9)2-1-3-11-6(8)10/h1-4H2,(H2,8,10). The van der Waals surface area contributed by atoms with Gasteiger partial charge in [0.05, 0.1) is 11.0 Å². The van der Waals surface area contributed by atoms with Crippen molar-refractivity contribution in [1.82, 2.24) is 0 Å². The van der Waals surface area contributed by atoms with Crippen LogP contribution in [0.2, 0.25) is 0 Å². The van der Waals surface area contributed by atoms with Crippen LogP contribution in [0, 0.1) is 0 Å². The molecule has 0 atom stereocenters. The predicted molar refractivity (Wildman–Crippen MR) is 48.7 cm³/mol. The van der Waals surface area contributed by atoms with Crippen molar-refractivity contribution in [3.05, 3.63) is 0 Å². The molecule has 2 N–H and O–H groups in total. The van der Waals surface area contributed by atoms with E-state index in [-0.39, 0.29) is 12.4 Å². The van der Waals surface area contributed by atoms with Gasteiger partial charge >= 0.3 is 6.09 Å². The smallest absolute Gasteiger partial charge is 0.404 e. The summed E-state index contributed by atoms with van der Waals surface area (Å²) in [5.41, 5.74) is 4.69. The molecule has 0 radical (unpaired) electrons. The van der Waals surface area contributed by atoms with Crippen LogP contribution in [-0.4, -0.2) is 22.9 Å². The Morgan fingerprint density at radius 3 is 2.55 bits per heavy atom. The van der Waals surface area contributed by atoms with Crippen LogP contribution in [0.1, 0.15) is 12.8 Å². The number of halogens is 1. The Balaban J connectivity index is 3.14. The van der Waals surface area contributed by atoms with Crippen molar-refractivity contribution in [1.29, 1.82) is 0 Å². The SMILES string of the molecule is NC(=O)OCCCC(=O)CI. The molecule has 0 fully saturated rings. The fraction of sp³-hybridized carbons (Fsp3) is 0.667. The quantitative estimate of drug-likeness (QED) is 0.458. The van der Waals surface area contributed by atoms with E-state index in [4.69, 9.17) is 5.73 Å². The van der Waals surface area contributed by atoms with Gasteiger partial charge in [0.25, 0.3) is 0 Å². The van der Waals surface area contributed by atoms with E-state index < -0.39 is 6.09 Å². The Hall–Kier alpha value is -0.330. The Labute approximate surface area is 78.6 Å². The van der Waals surface area contributed by atoms with Gasteiger partial charge in [0.2, 0.25) is 0 Å². The second-order valence-corrected chi connectivity index (χ2v) is 2.71. The van der Waals surface area contributed by atoms with E-state index in [1.807, 2.05) is 22.6 Å². The largest absolute Gasteiger partial charge is 0.450 e. The van der Waals surface area contributed by atoms with E-state index in [1.165, 1.54) is 0 Å². The van der Waals surface area contributed by atoms with Crippen molar-refractivity contribution in [3.8, 4) is 0 Å². The lowest BCUT2D eigenvalue weighted by atomic mass is 10.2. The van der Waals surface area contributed by atoms with Crippen molar-refractivity contribution in [2.24, 2.45) is 5.73 Å². The fourth-order valence-corrected chi connectivity index (χ4v) is 0.890. The molecule has 0 bridgehead atoms. The van der Waals surface area contributed by atoms with Crippen molar-refractivity contribution in [2.75, 3.05) is 11.0 Å². The van der Waals surface area contributed by atoms with Crippen molar-refractivity contribution < 1.29 is 14.3 Å².